The number of aliphatic carboxylic acids is 5. The second kappa shape index (κ2) is 33.5. The van der Waals surface area contributed by atoms with Crippen LogP contribution in [0, 0.1) is 5.92 Å². The summed E-state index contributed by atoms with van der Waals surface area (Å²) in [5.74, 6) is -6.36. The van der Waals surface area contributed by atoms with Gasteiger partial charge in [-0.05, 0) is 82.2 Å². The Balaban J connectivity index is -0.000000787. The number of carbonyl (C=O) groups excluding carboxylic acids is 3. The van der Waals surface area contributed by atoms with Gasteiger partial charge in [0.2, 0.25) is 5.91 Å². The number of hydrogen-bond donors (Lipinski definition) is 14. The van der Waals surface area contributed by atoms with Gasteiger partial charge in [-0.15, -0.1) is 0 Å². The molecular formula is C36H65N9O15. The van der Waals surface area contributed by atoms with E-state index in [0.717, 1.165) is 25.8 Å². The lowest BCUT2D eigenvalue weighted by atomic mass is 10.1. The van der Waals surface area contributed by atoms with Gasteiger partial charge in [-0.3, -0.25) is 33.6 Å². The fourth-order valence-electron chi connectivity index (χ4n) is 4.00. The molecule has 7 atom stereocenters. The van der Waals surface area contributed by atoms with Crippen LogP contribution in [-0.2, 0) is 49.5 Å². The van der Waals surface area contributed by atoms with Gasteiger partial charge in [0.1, 0.15) is 54.6 Å². The maximum Gasteiger partial charge on any atom is 0.331 e. The first-order chi connectivity index (χ1) is 27.8. The van der Waals surface area contributed by atoms with Crippen LogP contribution < -0.4 is 55.9 Å². The second-order valence-electron chi connectivity index (χ2n) is 13.6. The summed E-state index contributed by atoms with van der Waals surface area (Å²) in [6, 6.07) is 0.519. The Kier molecular flexibility index (Phi) is 32.9. The van der Waals surface area contributed by atoms with Crippen molar-refractivity contribution in [1.82, 2.24) is 5.32 Å². The molecule has 1 fully saturated rings. The molecule has 0 aliphatic carbocycles. The third kappa shape index (κ3) is 32.6. The Bertz CT molecular complexity index is 1460. The predicted molar refractivity (Wildman–Crippen MR) is 216 cm³/mol. The lowest BCUT2D eigenvalue weighted by Crippen LogP contribution is -2.41. The molecule has 1 saturated heterocycles. The van der Waals surface area contributed by atoms with Crippen molar-refractivity contribution in [1.29, 1.82) is 0 Å². The van der Waals surface area contributed by atoms with Crippen molar-refractivity contribution in [3.8, 4) is 5.75 Å². The smallest absolute Gasteiger partial charge is 0.331 e. The standard InChI is InChI=1S/C17H23N3O6.C6H14N2O2.C6H13NO2.C4H8N2O3.C3H7NO2/c18-12(15(21)22)8-10-3-5-11(6-4-10)26-16(23)13(19)9-25-17(24)14-2-1-7-20-14;7-4-2-1-3-5(8)6(9)10;1-4(2)3-5(7)6(8)9;5-2(4(8)9)1-3(6)7;1-2(4)3(5)6/h3-6,12-14,20H,1-2,7-9,18-19H2,(H,21,22);5H,1-4,7-8H2,(H,9,10);4-5H,3,7H2,1-2H3,(H,8,9);2H,1,5H2,(H2,6,7)(H,8,9);2H,4H2,1H3,(H,5,6)/t12-,13-,14-;2*5-;2*2-/m00000/s1. The minimum atomic E-state index is -1.21. The van der Waals surface area contributed by atoms with Crippen molar-refractivity contribution >= 4 is 47.7 Å². The molecule has 1 aromatic rings. The van der Waals surface area contributed by atoms with Gasteiger partial charge in [0, 0.05) is 0 Å². The lowest BCUT2D eigenvalue weighted by molar-refractivity contribution is -0.149. The van der Waals surface area contributed by atoms with Crippen LogP contribution in [0.25, 0.3) is 0 Å². The topological polar surface area (TPSA) is 476 Å². The van der Waals surface area contributed by atoms with E-state index in [9.17, 15) is 38.4 Å². The van der Waals surface area contributed by atoms with Crippen molar-refractivity contribution in [3.05, 3.63) is 29.8 Å². The van der Waals surface area contributed by atoms with Gasteiger partial charge in [-0.2, -0.15) is 0 Å². The number of nitrogens with two attached hydrogens (primary N) is 8. The normalized spacial score (nSPS) is 15.6. The Hall–Kier alpha value is -5.34. The van der Waals surface area contributed by atoms with Gasteiger partial charge in [-0.25, -0.2) is 4.79 Å². The summed E-state index contributed by atoms with van der Waals surface area (Å²) in [5, 5.41) is 44.4. The first kappa shape index (κ1) is 59.0. The molecule has 0 unspecified atom stereocenters. The zero-order valence-electron chi connectivity index (χ0n) is 34.1. The average molecular weight is 864 g/mol. The van der Waals surface area contributed by atoms with Crippen molar-refractivity contribution in [2.45, 2.75) is 114 Å². The van der Waals surface area contributed by atoms with Crippen LogP contribution in [0.1, 0.15) is 71.3 Å². The van der Waals surface area contributed by atoms with E-state index in [4.69, 9.17) is 75.1 Å². The maximum absolute atomic E-state index is 11.9. The van der Waals surface area contributed by atoms with E-state index in [1.807, 2.05) is 13.8 Å². The van der Waals surface area contributed by atoms with Gasteiger partial charge >= 0.3 is 41.8 Å². The molecule has 344 valence electrons. The lowest BCUT2D eigenvalue weighted by Gasteiger charge is -2.14. The summed E-state index contributed by atoms with van der Waals surface area (Å²) in [6.45, 7) is 6.42. The molecule has 24 heteroatoms. The number of carboxylic acids is 5. The zero-order valence-corrected chi connectivity index (χ0v) is 34.1. The van der Waals surface area contributed by atoms with Crippen LogP contribution in [0.5, 0.6) is 5.75 Å². The predicted octanol–water partition coefficient (Wildman–Crippen LogP) is -3.17. The summed E-state index contributed by atoms with van der Waals surface area (Å²) in [6.07, 6.45) is 4.17. The number of ether oxygens (including phenoxy) is 2. The number of benzene rings is 1. The molecule has 1 aliphatic heterocycles. The molecule has 22 N–H and O–H groups in total. The van der Waals surface area contributed by atoms with Crippen LogP contribution in [0.15, 0.2) is 24.3 Å². The summed E-state index contributed by atoms with van der Waals surface area (Å²) in [7, 11) is 0. The van der Waals surface area contributed by atoms with Crippen LogP contribution in [0.2, 0.25) is 0 Å². The van der Waals surface area contributed by atoms with E-state index in [0.29, 0.717) is 37.3 Å². The second-order valence-corrected chi connectivity index (χ2v) is 13.6. The number of esters is 2. The first-order valence-corrected chi connectivity index (χ1v) is 18.6. The number of rotatable bonds is 20. The van der Waals surface area contributed by atoms with Crippen LogP contribution in [0.4, 0.5) is 0 Å². The minimum Gasteiger partial charge on any atom is -0.480 e. The quantitative estimate of drug-likeness (QED) is 0.0349. The molecule has 0 spiro atoms. The number of carbonyl (C=O) groups is 8. The van der Waals surface area contributed by atoms with Crippen molar-refractivity contribution in [2.75, 3.05) is 19.7 Å². The summed E-state index contributed by atoms with van der Waals surface area (Å²) >= 11 is 0. The number of carboxylic acid groups (broad SMARTS) is 5. The van der Waals surface area contributed by atoms with E-state index in [1.54, 1.807) is 12.1 Å². The molecule has 1 amide bonds. The average Bonchev–Trinajstić information content (AvgIpc) is 3.70. The Morgan fingerprint density at radius 1 is 0.717 bits per heavy atom. The number of nitrogens with one attached hydrogen (secondary N) is 1. The number of hydrogen-bond acceptors (Lipinski definition) is 18. The molecule has 60 heavy (non-hydrogen) atoms. The van der Waals surface area contributed by atoms with Crippen molar-refractivity contribution < 1.29 is 73.4 Å². The number of amides is 1. The summed E-state index contributed by atoms with van der Waals surface area (Å²) in [5.41, 5.74) is 41.9. The Morgan fingerprint density at radius 2 is 1.22 bits per heavy atom. The fraction of sp³-hybridized carbons (Fsp3) is 0.611. The molecule has 1 heterocycles. The molecule has 0 bridgehead atoms. The van der Waals surface area contributed by atoms with Gasteiger partial charge in [0.25, 0.3) is 0 Å². The molecule has 2 rings (SSSR count). The highest BCUT2D eigenvalue weighted by Crippen LogP contribution is 2.14. The summed E-state index contributed by atoms with van der Waals surface area (Å²) < 4.78 is 10.2. The highest BCUT2D eigenvalue weighted by Gasteiger charge is 2.26. The van der Waals surface area contributed by atoms with Gasteiger partial charge in [-0.1, -0.05) is 32.4 Å². The molecule has 24 nitrogen and oxygen atoms in total. The largest absolute Gasteiger partial charge is 0.480 e. The van der Waals surface area contributed by atoms with E-state index in [-0.39, 0.29) is 31.2 Å². The minimum absolute atomic E-state index is 0.161. The third-order valence-electron chi connectivity index (χ3n) is 7.42. The van der Waals surface area contributed by atoms with Crippen molar-refractivity contribution in [2.24, 2.45) is 51.8 Å². The van der Waals surface area contributed by atoms with E-state index in [1.165, 1.54) is 19.1 Å². The van der Waals surface area contributed by atoms with E-state index >= 15 is 0 Å². The monoisotopic (exact) mass is 863 g/mol. The SMILES string of the molecule is CC(C)C[C@H](N)C(=O)O.C[C@H](N)C(=O)O.NC(=O)C[C@H](N)C(=O)O.NCCCC[C@H](N)C(=O)O.N[C@@H](Cc1ccc(OC(=O)[C@@H](N)COC(=O)[C@@H]2CCCN2)cc1)C(=O)O. The number of primary amides is 1. The van der Waals surface area contributed by atoms with Crippen LogP contribution >= 0.6 is 0 Å². The highest BCUT2D eigenvalue weighted by molar-refractivity contribution is 5.83. The van der Waals surface area contributed by atoms with Gasteiger partial charge in [0.05, 0.1) is 6.42 Å². The first-order valence-electron chi connectivity index (χ1n) is 18.6. The van der Waals surface area contributed by atoms with E-state index in [2.05, 4.69) is 11.1 Å². The molecule has 0 saturated carbocycles. The number of unbranched alkanes of at least 4 members (excludes halogenated alkanes) is 1. The molecule has 0 aromatic heterocycles. The Labute approximate surface area is 347 Å². The van der Waals surface area contributed by atoms with Crippen molar-refractivity contribution in [3.63, 3.8) is 0 Å². The van der Waals surface area contributed by atoms with Crippen LogP contribution in [0.3, 0.4) is 0 Å². The molecule has 0 radical (unpaired) electrons. The van der Waals surface area contributed by atoms with Crippen LogP contribution in [-0.4, -0.2) is 135 Å². The van der Waals surface area contributed by atoms with E-state index < -0.39 is 83.9 Å². The highest BCUT2D eigenvalue weighted by atomic mass is 16.6. The van der Waals surface area contributed by atoms with Gasteiger partial charge in [0.15, 0.2) is 0 Å². The maximum atomic E-state index is 11.9. The summed E-state index contributed by atoms with van der Waals surface area (Å²) in [4.78, 5) is 84.2. The fourth-order valence-corrected chi connectivity index (χ4v) is 4.00. The Morgan fingerprint density at radius 3 is 1.57 bits per heavy atom. The molecule has 1 aliphatic rings. The molecule has 1 aromatic carbocycles. The van der Waals surface area contributed by atoms with Gasteiger partial charge < -0.3 is 86.2 Å². The molecular weight excluding hydrogens is 798 g/mol. The zero-order chi connectivity index (χ0) is 47.1. The third-order valence-corrected chi connectivity index (χ3v) is 7.42.